The number of esters is 1. The second-order valence-electron chi connectivity index (χ2n) is 5.86. The highest BCUT2D eigenvalue weighted by molar-refractivity contribution is 5.96. The number of rotatable bonds is 7. The Morgan fingerprint density at radius 2 is 1.88 bits per heavy atom. The minimum Gasteiger partial charge on any atom is -0.465 e. The molecule has 6 nitrogen and oxygen atoms in total. The van der Waals surface area contributed by atoms with E-state index in [1.807, 2.05) is 13.0 Å². The molecule has 0 aliphatic rings. The number of ether oxygens (including phenoxy) is 1. The molecule has 0 aliphatic carbocycles. The molecule has 0 aliphatic heterocycles. The summed E-state index contributed by atoms with van der Waals surface area (Å²) in [6.07, 6.45) is 0.631. The van der Waals surface area contributed by atoms with Crippen LogP contribution in [0.1, 0.15) is 39.6 Å². The Balaban J connectivity index is 2.35. The number of carbonyl (C=O) groups is 2. The molecule has 0 radical (unpaired) electrons. The van der Waals surface area contributed by atoms with E-state index in [0.29, 0.717) is 23.1 Å². The largest absolute Gasteiger partial charge is 0.465 e. The van der Waals surface area contributed by atoms with Crippen molar-refractivity contribution in [1.82, 2.24) is 5.32 Å². The highest BCUT2D eigenvalue weighted by Crippen LogP contribution is 2.26. The fourth-order valence-electron chi connectivity index (χ4n) is 2.62. The fraction of sp³-hybridized carbons (Fsp3) is 0.300. The minimum absolute atomic E-state index is 0.119. The molecule has 1 unspecified atom stereocenters. The number of methoxy groups -OCH3 is 1. The van der Waals surface area contributed by atoms with E-state index >= 15 is 0 Å². The van der Waals surface area contributed by atoms with Gasteiger partial charge in [-0.05, 0) is 47.4 Å². The Morgan fingerprint density at radius 1 is 1.12 bits per heavy atom. The summed E-state index contributed by atoms with van der Waals surface area (Å²) in [6, 6.07) is 11.6. The zero-order valence-corrected chi connectivity index (χ0v) is 14.9. The van der Waals surface area contributed by atoms with Crippen LogP contribution in [0, 0.1) is 0 Å². The molecule has 0 bridgehead atoms. The van der Waals surface area contributed by atoms with E-state index in [-0.39, 0.29) is 25.2 Å². The maximum absolute atomic E-state index is 12.4. The van der Waals surface area contributed by atoms with E-state index in [0.717, 1.165) is 11.1 Å². The lowest BCUT2D eigenvalue weighted by Gasteiger charge is -2.15. The Morgan fingerprint density at radius 3 is 2.50 bits per heavy atom. The van der Waals surface area contributed by atoms with Gasteiger partial charge < -0.3 is 20.3 Å². The molecule has 26 heavy (non-hydrogen) atoms. The molecule has 3 N–H and O–H groups in total. The highest BCUT2D eigenvalue weighted by Gasteiger charge is 2.14. The summed E-state index contributed by atoms with van der Waals surface area (Å²) in [5, 5.41) is 21.7. The molecule has 0 aromatic heterocycles. The third kappa shape index (κ3) is 4.47. The normalized spacial score (nSPS) is 11.7. The number of amides is 1. The van der Waals surface area contributed by atoms with Crippen LogP contribution in [0.15, 0.2) is 42.5 Å². The zero-order valence-electron chi connectivity index (χ0n) is 14.9. The van der Waals surface area contributed by atoms with Gasteiger partial charge in [0.25, 0.3) is 5.91 Å². The van der Waals surface area contributed by atoms with Gasteiger partial charge in [0.2, 0.25) is 0 Å². The van der Waals surface area contributed by atoms with Gasteiger partial charge in [-0.2, -0.15) is 0 Å². The first-order chi connectivity index (χ1) is 12.5. The molecule has 2 aromatic rings. The third-order valence-electron chi connectivity index (χ3n) is 4.18. The summed E-state index contributed by atoms with van der Waals surface area (Å²) < 4.78 is 4.70. The van der Waals surface area contributed by atoms with Gasteiger partial charge in [-0.25, -0.2) is 4.79 Å². The number of nitrogens with one attached hydrogen (secondary N) is 1. The van der Waals surface area contributed by atoms with Crippen molar-refractivity contribution in [2.24, 2.45) is 0 Å². The number of aliphatic hydroxyl groups excluding tert-OH is 2. The van der Waals surface area contributed by atoms with Crippen LogP contribution in [-0.4, -0.2) is 41.8 Å². The van der Waals surface area contributed by atoms with Crippen molar-refractivity contribution in [3.05, 3.63) is 59.2 Å². The Hall–Kier alpha value is -2.70. The molecule has 6 heteroatoms. The standard InChI is InChI=1S/C20H23NO5/c1-3-17(12-23)21-19(24)14-6-4-5-13(9-14)18-8-7-15(20(25)26-2)10-16(18)11-22/h4-10,17,22-23H,3,11-12H2,1-2H3,(H,21,24). The molecular weight excluding hydrogens is 334 g/mol. The van der Waals surface area contributed by atoms with Gasteiger partial charge in [0.1, 0.15) is 0 Å². The number of benzene rings is 2. The summed E-state index contributed by atoms with van der Waals surface area (Å²) >= 11 is 0. The van der Waals surface area contributed by atoms with Crippen molar-refractivity contribution in [2.75, 3.05) is 13.7 Å². The third-order valence-corrected chi connectivity index (χ3v) is 4.18. The van der Waals surface area contributed by atoms with Crippen LogP contribution in [0.3, 0.4) is 0 Å². The Labute approximate surface area is 152 Å². The summed E-state index contributed by atoms with van der Waals surface area (Å²) in [5.41, 5.74) is 2.84. The van der Waals surface area contributed by atoms with Crippen LogP contribution >= 0.6 is 0 Å². The van der Waals surface area contributed by atoms with Crippen LogP contribution < -0.4 is 5.32 Å². The number of hydrogen-bond donors (Lipinski definition) is 3. The molecular formula is C20H23NO5. The van der Waals surface area contributed by atoms with Gasteiger partial charge in [0.05, 0.1) is 31.9 Å². The lowest BCUT2D eigenvalue weighted by molar-refractivity contribution is 0.0600. The molecule has 1 amide bonds. The van der Waals surface area contributed by atoms with Gasteiger partial charge in [-0.15, -0.1) is 0 Å². The molecule has 0 saturated heterocycles. The number of hydrogen-bond acceptors (Lipinski definition) is 5. The van der Waals surface area contributed by atoms with Crippen LogP contribution in [0.5, 0.6) is 0 Å². The topological polar surface area (TPSA) is 95.9 Å². The molecule has 1 atom stereocenters. The smallest absolute Gasteiger partial charge is 0.337 e. The molecule has 0 fully saturated rings. The average Bonchev–Trinajstić information content (AvgIpc) is 2.70. The van der Waals surface area contributed by atoms with Crippen LogP contribution in [0.4, 0.5) is 0 Å². The van der Waals surface area contributed by atoms with E-state index in [4.69, 9.17) is 4.74 Å². The van der Waals surface area contributed by atoms with E-state index < -0.39 is 5.97 Å². The maximum atomic E-state index is 12.4. The molecule has 0 spiro atoms. The molecule has 138 valence electrons. The van der Waals surface area contributed by atoms with Crippen molar-refractivity contribution < 1.29 is 24.5 Å². The fourth-order valence-corrected chi connectivity index (χ4v) is 2.62. The molecule has 0 saturated carbocycles. The highest BCUT2D eigenvalue weighted by atomic mass is 16.5. The number of aliphatic hydroxyl groups is 2. The van der Waals surface area contributed by atoms with Gasteiger partial charge in [-0.3, -0.25) is 4.79 Å². The SMILES string of the molecule is CCC(CO)NC(=O)c1cccc(-c2ccc(C(=O)OC)cc2CO)c1. The van der Waals surface area contributed by atoms with E-state index in [1.165, 1.54) is 7.11 Å². The van der Waals surface area contributed by atoms with Gasteiger partial charge in [0, 0.05) is 5.56 Å². The van der Waals surface area contributed by atoms with Crippen LogP contribution in [0.25, 0.3) is 11.1 Å². The second kappa shape index (κ2) is 9.12. The van der Waals surface area contributed by atoms with Crippen molar-refractivity contribution in [2.45, 2.75) is 26.0 Å². The first-order valence-corrected chi connectivity index (χ1v) is 8.38. The van der Waals surface area contributed by atoms with E-state index in [1.54, 1.807) is 36.4 Å². The predicted molar refractivity (Wildman–Crippen MR) is 97.8 cm³/mol. The van der Waals surface area contributed by atoms with Crippen molar-refractivity contribution in [3.63, 3.8) is 0 Å². The van der Waals surface area contributed by atoms with Gasteiger partial charge in [0.15, 0.2) is 0 Å². The lowest BCUT2D eigenvalue weighted by Crippen LogP contribution is -2.36. The summed E-state index contributed by atoms with van der Waals surface area (Å²) in [7, 11) is 1.30. The van der Waals surface area contributed by atoms with E-state index in [9.17, 15) is 19.8 Å². The zero-order chi connectivity index (χ0) is 19.1. The van der Waals surface area contributed by atoms with Crippen molar-refractivity contribution in [3.8, 4) is 11.1 Å². The first-order valence-electron chi connectivity index (χ1n) is 8.38. The molecule has 2 aromatic carbocycles. The second-order valence-corrected chi connectivity index (χ2v) is 5.86. The molecule has 0 heterocycles. The minimum atomic E-state index is -0.478. The lowest BCUT2D eigenvalue weighted by atomic mass is 9.96. The quantitative estimate of drug-likeness (QED) is 0.660. The number of carbonyl (C=O) groups excluding carboxylic acids is 2. The Kier molecular flexibility index (Phi) is 6.89. The summed E-state index contributed by atoms with van der Waals surface area (Å²) in [4.78, 5) is 24.0. The summed E-state index contributed by atoms with van der Waals surface area (Å²) in [6.45, 7) is 1.51. The van der Waals surface area contributed by atoms with Crippen molar-refractivity contribution >= 4 is 11.9 Å². The average molecular weight is 357 g/mol. The van der Waals surface area contributed by atoms with Gasteiger partial charge >= 0.3 is 5.97 Å². The monoisotopic (exact) mass is 357 g/mol. The van der Waals surface area contributed by atoms with Crippen molar-refractivity contribution in [1.29, 1.82) is 0 Å². The van der Waals surface area contributed by atoms with E-state index in [2.05, 4.69) is 5.32 Å². The van der Waals surface area contributed by atoms with Crippen LogP contribution in [0.2, 0.25) is 0 Å². The van der Waals surface area contributed by atoms with Crippen LogP contribution in [-0.2, 0) is 11.3 Å². The molecule has 2 rings (SSSR count). The first kappa shape index (κ1) is 19.6. The maximum Gasteiger partial charge on any atom is 0.337 e. The predicted octanol–water partition coefficient (Wildman–Crippen LogP) is 2.13. The van der Waals surface area contributed by atoms with Gasteiger partial charge in [-0.1, -0.05) is 25.1 Å². The Bertz CT molecular complexity index is 784. The summed E-state index contributed by atoms with van der Waals surface area (Å²) in [5.74, 6) is -0.751.